The zero-order valence-electron chi connectivity index (χ0n) is 12.8. The molecular weight excluding hydrogens is 290 g/mol. The number of hydrogen-bond acceptors (Lipinski definition) is 4. The fourth-order valence-electron chi connectivity index (χ4n) is 2.17. The van der Waals surface area contributed by atoms with Crippen molar-refractivity contribution in [2.24, 2.45) is 0 Å². The van der Waals surface area contributed by atoms with Crippen LogP contribution in [-0.2, 0) is 0 Å². The first-order valence-electron chi connectivity index (χ1n) is 7.39. The molecule has 1 heterocycles. The lowest BCUT2D eigenvalue weighted by Crippen LogP contribution is -2.31. The molecule has 23 heavy (non-hydrogen) atoms. The molecule has 5 heteroatoms. The highest BCUT2D eigenvalue weighted by atomic mass is 16.5. The zero-order valence-corrected chi connectivity index (χ0v) is 12.8. The van der Waals surface area contributed by atoms with Gasteiger partial charge in [0, 0.05) is 7.05 Å². The number of para-hydroxylation sites is 3. The van der Waals surface area contributed by atoms with E-state index < -0.39 is 0 Å². The van der Waals surface area contributed by atoms with Crippen LogP contribution < -0.4 is 4.74 Å². The maximum Gasteiger partial charge on any atom is 0.273 e. The van der Waals surface area contributed by atoms with E-state index in [1.807, 2.05) is 54.6 Å². The Bertz CT molecular complexity index is 805. The van der Waals surface area contributed by atoms with E-state index in [-0.39, 0.29) is 5.91 Å². The minimum absolute atomic E-state index is 0.167. The quantitative estimate of drug-likeness (QED) is 0.727. The number of likely N-dealkylation sites (N-methyl/N-ethyl adjacent to an activating group) is 1. The summed E-state index contributed by atoms with van der Waals surface area (Å²) < 4.78 is 5.60. The average molecular weight is 307 g/mol. The lowest BCUT2D eigenvalue weighted by Gasteiger charge is -2.17. The Morgan fingerprint density at radius 2 is 1.74 bits per heavy atom. The molecule has 3 aromatic rings. The van der Waals surface area contributed by atoms with E-state index in [4.69, 9.17) is 4.74 Å². The highest BCUT2D eigenvalue weighted by molar-refractivity contribution is 5.93. The number of fused-ring (bicyclic) bond motifs is 1. The van der Waals surface area contributed by atoms with Gasteiger partial charge in [-0.3, -0.25) is 9.78 Å². The third kappa shape index (κ3) is 3.63. The molecule has 0 atom stereocenters. The summed E-state index contributed by atoms with van der Waals surface area (Å²) in [5.41, 5.74) is 1.83. The molecule has 0 aliphatic heterocycles. The van der Waals surface area contributed by atoms with Crippen molar-refractivity contribution in [2.45, 2.75) is 0 Å². The van der Waals surface area contributed by atoms with Crippen molar-refractivity contribution in [3.63, 3.8) is 0 Å². The van der Waals surface area contributed by atoms with Gasteiger partial charge in [0.15, 0.2) is 0 Å². The first-order valence-corrected chi connectivity index (χ1v) is 7.39. The lowest BCUT2D eigenvalue weighted by molar-refractivity contribution is 0.0768. The monoisotopic (exact) mass is 307 g/mol. The second-order valence-corrected chi connectivity index (χ2v) is 5.13. The van der Waals surface area contributed by atoms with Gasteiger partial charge in [0.05, 0.1) is 23.8 Å². The fourth-order valence-corrected chi connectivity index (χ4v) is 2.17. The highest BCUT2D eigenvalue weighted by Gasteiger charge is 2.14. The molecule has 1 aromatic heterocycles. The Balaban J connectivity index is 1.61. The van der Waals surface area contributed by atoms with Gasteiger partial charge in [0.2, 0.25) is 0 Å². The Hall–Kier alpha value is -2.95. The summed E-state index contributed by atoms with van der Waals surface area (Å²) in [6.45, 7) is 0.898. The minimum Gasteiger partial charge on any atom is -0.492 e. The van der Waals surface area contributed by atoms with Crippen LogP contribution in [0.3, 0.4) is 0 Å². The van der Waals surface area contributed by atoms with Crippen LogP contribution in [0.4, 0.5) is 0 Å². The van der Waals surface area contributed by atoms with Crippen molar-refractivity contribution in [3.05, 3.63) is 66.5 Å². The number of carbonyl (C=O) groups is 1. The standard InChI is InChI=1S/C18H17N3O2/c1-21(11-12-23-14-7-3-2-4-8-14)18(22)17-13-19-15-9-5-6-10-16(15)20-17/h2-10,13H,11-12H2,1H3. The number of benzene rings is 2. The van der Waals surface area contributed by atoms with E-state index in [1.54, 1.807) is 11.9 Å². The molecule has 0 saturated carbocycles. The second-order valence-electron chi connectivity index (χ2n) is 5.13. The number of hydrogen-bond donors (Lipinski definition) is 0. The topological polar surface area (TPSA) is 55.3 Å². The molecule has 116 valence electrons. The summed E-state index contributed by atoms with van der Waals surface area (Å²) in [6, 6.07) is 17.0. The molecule has 1 amide bonds. The average Bonchev–Trinajstić information content (AvgIpc) is 2.61. The van der Waals surface area contributed by atoms with Gasteiger partial charge in [-0.05, 0) is 24.3 Å². The van der Waals surface area contributed by atoms with Crippen LogP contribution in [0.15, 0.2) is 60.8 Å². The molecule has 0 unspecified atom stereocenters. The molecule has 3 rings (SSSR count). The van der Waals surface area contributed by atoms with Gasteiger partial charge in [0.1, 0.15) is 18.1 Å². The Labute approximate surface area is 134 Å². The molecule has 0 spiro atoms. The van der Waals surface area contributed by atoms with Gasteiger partial charge in [-0.25, -0.2) is 4.98 Å². The molecule has 5 nitrogen and oxygen atoms in total. The van der Waals surface area contributed by atoms with Crippen LogP contribution in [-0.4, -0.2) is 41.0 Å². The molecule has 0 bridgehead atoms. The fraction of sp³-hybridized carbons (Fsp3) is 0.167. The molecule has 0 saturated heterocycles. The highest BCUT2D eigenvalue weighted by Crippen LogP contribution is 2.10. The third-order valence-corrected chi connectivity index (χ3v) is 3.45. The number of amides is 1. The van der Waals surface area contributed by atoms with Crippen LogP contribution in [0.25, 0.3) is 11.0 Å². The van der Waals surface area contributed by atoms with Crippen LogP contribution in [0.5, 0.6) is 5.75 Å². The van der Waals surface area contributed by atoms with Crippen molar-refractivity contribution in [2.75, 3.05) is 20.2 Å². The van der Waals surface area contributed by atoms with Gasteiger partial charge in [-0.15, -0.1) is 0 Å². The molecule has 0 aliphatic carbocycles. The summed E-state index contributed by atoms with van der Waals surface area (Å²) in [6.07, 6.45) is 1.51. The molecule has 0 fully saturated rings. The van der Waals surface area contributed by atoms with E-state index in [2.05, 4.69) is 9.97 Å². The normalized spacial score (nSPS) is 10.5. The van der Waals surface area contributed by atoms with Crippen LogP contribution in [0.2, 0.25) is 0 Å². The van der Waals surface area contributed by atoms with E-state index in [1.165, 1.54) is 6.20 Å². The summed E-state index contributed by atoms with van der Waals surface area (Å²) in [7, 11) is 1.73. The summed E-state index contributed by atoms with van der Waals surface area (Å²) in [4.78, 5) is 22.6. The van der Waals surface area contributed by atoms with Crippen molar-refractivity contribution in [3.8, 4) is 5.75 Å². The van der Waals surface area contributed by atoms with Gasteiger partial charge >= 0.3 is 0 Å². The van der Waals surface area contributed by atoms with Gasteiger partial charge < -0.3 is 9.64 Å². The summed E-state index contributed by atoms with van der Waals surface area (Å²) in [5.74, 6) is 0.624. The zero-order chi connectivity index (χ0) is 16.1. The molecule has 2 aromatic carbocycles. The third-order valence-electron chi connectivity index (χ3n) is 3.45. The van der Waals surface area contributed by atoms with Gasteiger partial charge in [-0.2, -0.15) is 0 Å². The maximum atomic E-state index is 12.4. The maximum absolute atomic E-state index is 12.4. The number of nitrogens with zero attached hydrogens (tertiary/aromatic N) is 3. The molecule has 0 N–H and O–H groups in total. The van der Waals surface area contributed by atoms with Crippen LogP contribution in [0, 0.1) is 0 Å². The van der Waals surface area contributed by atoms with E-state index in [0.717, 1.165) is 11.3 Å². The summed E-state index contributed by atoms with van der Waals surface area (Å²) in [5, 5.41) is 0. The number of carbonyl (C=O) groups excluding carboxylic acids is 1. The molecule has 0 aliphatic rings. The first kappa shape index (κ1) is 15.0. The lowest BCUT2D eigenvalue weighted by atomic mass is 10.3. The Kier molecular flexibility index (Phi) is 4.47. The molecular formula is C18H17N3O2. The Morgan fingerprint density at radius 1 is 1.04 bits per heavy atom. The number of aromatic nitrogens is 2. The second kappa shape index (κ2) is 6.87. The largest absolute Gasteiger partial charge is 0.492 e. The van der Waals surface area contributed by atoms with E-state index in [9.17, 15) is 4.79 Å². The van der Waals surface area contributed by atoms with Crippen molar-refractivity contribution in [1.82, 2.24) is 14.9 Å². The SMILES string of the molecule is CN(CCOc1ccccc1)C(=O)c1cnc2ccccc2n1. The Morgan fingerprint density at radius 3 is 2.52 bits per heavy atom. The van der Waals surface area contributed by atoms with Crippen molar-refractivity contribution in [1.29, 1.82) is 0 Å². The first-order chi connectivity index (χ1) is 11.2. The van der Waals surface area contributed by atoms with Gasteiger partial charge in [0.25, 0.3) is 5.91 Å². The number of ether oxygens (including phenoxy) is 1. The minimum atomic E-state index is -0.167. The predicted molar refractivity (Wildman–Crippen MR) is 88.4 cm³/mol. The van der Waals surface area contributed by atoms with Gasteiger partial charge in [-0.1, -0.05) is 30.3 Å². The van der Waals surface area contributed by atoms with Crippen LogP contribution >= 0.6 is 0 Å². The van der Waals surface area contributed by atoms with Crippen molar-refractivity contribution >= 4 is 16.9 Å². The smallest absolute Gasteiger partial charge is 0.273 e. The molecule has 0 radical (unpaired) electrons. The predicted octanol–water partition coefficient (Wildman–Crippen LogP) is 2.78. The van der Waals surface area contributed by atoms with Crippen molar-refractivity contribution < 1.29 is 9.53 Å². The van der Waals surface area contributed by atoms with E-state index >= 15 is 0 Å². The summed E-state index contributed by atoms with van der Waals surface area (Å²) >= 11 is 0. The number of rotatable bonds is 5. The van der Waals surface area contributed by atoms with E-state index in [0.29, 0.717) is 24.4 Å². The van der Waals surface area contributed by atoms with Crippen LogP contribution in [0.1, 0.15) is 10.5 Å².